The molecule has 0 fully saturated rings. The zero-order valence-electron chi connectivity index (χ0n) is 6.69. The largest absolute Gasteiger partial charge is 0.477 e. The number of carboxylic acids is 1. The predicted molar refractivity (Wildman–Crippen MR) is 40.9 cm³/mol. The standard InChI is InChI=1S/C7H10N2O3/c1-5(2-3-8)4-6(9-12)7(10)11/h5,12H,2,4H2,1H3,(H,10,11). The Bertz CT molecular complexity index is 229. The van der Waals surface area contributed by atoms with Crippen molar-refractivity contribution in [1.82, 2.24) is 0 Å². The summed E-state index contributed by atoms with van der Waals surface area (Å²) >= 11 is 0. The minimum absolute atomic E-state index is 0.100. The Kier molecular flexibility index (Phi) is 4.46. The Labute approximate surface area is 69.9 Å². The molecule has 0 saturated carbocycles. The molecule has 0 aliphatic carbocycles. The third-order valence-corrected chi connectivity index (χ3v) is 1.35. The van der Waals surface area contributed by atoms with E-state index in [9.17, 15) is 4.79 Å². The van der Waals surface area contributed by atoms with Gasteiger partial charge >= 0.3 is 5.97 Å². The van der Waals surface area contributed by atoms with Gasteiger partial charge in [-0.25, -0.2) is 4.79 Å². The third kappa shape index (κ3) is 3.56. The van der Waals surface area contributed by atoms with E-state index >= 15 is 0 Å². The highest BCUT2D eigenvalue weighted by Gasteiger charge is 2.14. The summed E-state index contributed by atoms with van der Waals surface area (Å²) in [6.45, 7) is 1.72. The van der Waals surface area contributed by atoms with Crippen LogP contribution in [0.3, 0.4) is 0 Å². The number of nitriles is 1. The van der Waals surface area contributed by atoms with Crippen molar-refractivity contribution < 1.29 is 15.1 Å². The lowest BCUT2D eigenvalue weighted by molar-refractivity contribution is -0.129. The molecule has 0 bridgehead atoms. The van der Waals surface area contributed by atoms with E-state index in [1.807, 2.05) is 6.07 Å². The van der Waals surface area contributed by atoms with Crippen molar-refractivity contribution in [3.05, 3.63) is 0 Å². The molecule has 12 heavy (non-hydrogen) atoms. The molecule has 0 spiro atoms. The molecule has 2 N–H and O–H groups in total. The van der Waals surface area contributed by atoms with Crippen LogP contribution in [0.15, 0.2) is 5.16 Å². The summed E-state index contributed by atoms with van der Waals surface area (Å²) in [5.41, 5.74) is -0.308. The maximum atomic E-state index is 10.3. The number of carbonyl (C=O) groups is 1. The molecular formula is C7H10N2O3. The first-order chi connectivity index (χ1) is 5.61. The highest BCUT2D eigenvalue weighted by Crippen LogP contribution is 2.07. The monoisotopic (exact) mass is 170 g/mol. The summed E-state index contributed by atoms with van der Waals surface area (Å²) in [6, 6.07) is 1.91. The van der Waals surface area contributed by atoms with E-state index in [4.69, 9.17) is 15.6 Å². The first-order valence-electron chi connectivity index (χ1n) is 3.43. The topological polar surface area (TPSA) is 93.7 Å². The summed E-state index contributed by atoms with van der Waals surface area (Å²) in [7, 11) is 0. The molecule has 0 saturated heterocycles. The van der Waals surface area contributed by atoms with Crippen molar-refractivity contribution in [3.63, 3.8) is 0 Å². The summed E-state index contributed by atoms with van der Waals surface area (Å²) < 4.78 is 0. The fraction of sp³-hybridized carbons (Fsp3) is 0.571. The zero-order valence-corrected chi connectivity index (χ0v) is 6.69. The number of carboxylic acid groups (broad SMARTS) is 1. The Hall–Kier alpha value is -1.57. The van der Waals surface area contributed by atoms with Gasteiger partial charge in [-0.05, 0) is 5.92 Å². The van der Waals surface area contributed by atoms with Gasteiger partial charge in [-0.15, -0.1) is 0 Å². The lowest BCUT2D eigenvalue weighted by atomic mass is 10.0. The second-order valence-corrected chi connectivity index (χ2v) is 2.52. The number of hydrogen-bond acceptors (Lipinski definition) is 4. The van der Waals surface area contributed by atoms with Crippen LogP contribution in [0.4, 0.5) is 0 Å². The van der Waals surface area contributed by atoms with Crippen LogP contribution in [0.25, 0.3) is 0 Å². The summed E-state index contributed by atoms with van der Waals surface area (Å²) in [5, 5.41) is 27.5. The molecule has 0 radical (unpaired) electrons. The Balaban J connectivity index is 4.06. The molecule has 1 unspecified atom stereocenters. The summed E-state index contributed by atoms with van der Waals surface area (Å²) in [6.07, 6.45) is 0.367. The number of rotatable bonds is 4. The number of aliphatic carboxylic acids is 1. The van der Waals surface area contributed by atoms with Crippen LogP contribution in [-0.4, -0.2) is 22.0 Å². The molecule has 0 aliphatic heterocycles. The van der Waals surface area contributed by atoms with Crippen molar-refractivity contribution in [2.45, 2.75) is 19.8 Å². The van der Waals surface area contributed by atoms with Crippen molar-refractivity contribution in [1.29, 1.82) is 5.26 Å². The van der Waals surface area contributed by atoms with Crippen LogP contribution >= 0.6 is 0 Å². The van der Waals surface area contributed by atoms with Crippen LogP contribution < -0.4 is 0 Å². The number of hydrogen-bond donors (Lipinski definition) is 2. The van der Waals surface area contributed by atoms with Gasteiger partial charge in [0.15, 0.2) is 5.71 Å². The second-order valence-electron chi connectivity index (χ2n) is 2.52. The first kappa shape index (κ1) is 10.4. The maximum absolute atomic E-state index is 10.3. The van der Waals surface area contributed by atoms with Crippen LogP contribution in [0.1, 0.15) is 19.8 Å². The average Bonchev–Trinajstić information content (AvgIpc) is 2.00. The fourth-order valence-electron chi connectivity index (χ4n) is 0.729. The van der Waals surface area contributed by atoms with Gasteiger partial charge in [0, 0.05) is 12.8 Å². The van der Waals surface area contributed by atoms with Gasteiger partial charge in [0.25, 0.3) is 0 Å². The van der Waals surface area contributed by atoms with Crippen LogP contribution in [0.5, 0.6) is 0 Å². The minimum Gasteiger partial charge on any atom is -0.477 e. The predicted octanol–water partition coefficient (Wildman–Crippen LogP) is 0.841. The molecule has 5 nitrogen and oxygen atoms in total. The molecule has 0 aromatic rings. The minimum atomic E-state index is -1.25. The van der Waals surface area contributed by atoms with Gasteiger partial charge in [0.1, 0.15) is 0 Å². The third-order valence-electron chi connectivity index (χ3n) is 1.35. The van der Waals surface area contributed by atoms with Crippen LogP contribution in [0, 0.1) is 17.2 Å². The van der Waals surface area contributed by atoms with Crippen molar-refractivity contribution in [2.24, 2.45) is 11.1 Å². The van der Waals surface area contributed by atoms with Gasteiger partial charge in [0.2, 0.25) is 0 Å². The normalized spacial score (nSPS) is 13.5. The SMILES string of the molecule is CC(CC#N)CC(=NO)C(=O)O. The number of oxime groups is 1. The van der Waals surface area contributed by atoms with Gasteiger partial charge < -0.3 is 10.3 Å². The van der Waals surface area contributed by atoms with E-state index in [0.29, 0.717) is 0 Å². The van der Waals surface area contributed by atoms with E-state index in [0.717, 1.165) is 0 Å². The molecular weight excluding hydrogens is 160 g/mol. The van der Waals surface area contributed by atoms with Gasteiger partial charge in [-0.1, -0.05) is 12.1 Å². The van der Waals surface area contributed by atoms with Crippen LogP contribution in [-0.2, 0) is 4.79 Å². The van der Waals surface area contributed by atoms with Gasteiger partial charge in [0.05, 0.1) is 6.07 Å². The van der Waals surface area contributed by atoms with Crippen molar-refractivity contribution >= 4 is 11.7 Å². The van der Waals surface area contributed by atoms with E-state index in [-0.39, 0.29) is 24.5 Å². The lowest BCUT2D eigenvalue weighted by Gasteiger charge is -2.03. The molecule has 1 atom stereocenters. The average molecular weight is 170 g/mol. The highest BCUT2D eigenvalue weighted by atomic mass is 16.4. The molecule has 0 amide bonds. The van der Waals surface area contributed by atoms with Crippen molar-refractivity contribution in [2.75, 3.05) is 0 Å². The Morgan fingerprint density at radius 2 is 2.33 bits per heavy atom. The molecule has 0 aliphatic rings. The molecule has 0 heterocycles. The van der Waals surface area contributed by atoms with E-state index in [1.54, 1.807) is 6.92 Å². The molecule has 5 heteroatoms. The maximum Gasteiger partial charge on any atom is 0.353 e. The molecule has 66 valence electrons. The lowest BCUT2D eigenvalue weighted by Crippen LogP contribution is -2.16. The fourth-order valence-corrected chi connectivity index (χ4v) is 0.729. The first-order valence-corrected chi connectivity index (χ1v) is 3.43. The van der Waals surface area contributed by atoms with Gasteiger partial charge in [-0.2, -0.15) is 5.26 Å². The van der Waals surface area contributed by atoms with E-state index < -0.39 is 5.97 Å². The van der Waals surface area contributed by atoms with E-state index in [2.05, 4.69) is 5.16 Å². The number of nitrogens with zero attached hydrogens (tertiary/aromatic N) is 2. The zero-order chi connectivity index (χ0) is 9.56. The summed E-state index contributed by atoms with van der Waals surface area (Å²) in [4.78, 5) is 10.3. The van der Waals surface area contributed by atoms with E-state index in [1.165, 1.54) is 0 Å². The van der Waals surface area contributed by atoms with Crippen molar-refractivity contribution in [3.8, 4) is 6.07 Å². The Morgan fingerprint density at radius 1 is 1.75 bits per heavy atom. The molecule has 0 aromatic heterocycles. The summed E-state index contributed by atoms with van der Waals surface area (Å²) in [5.74, 6) is -1.35. The quantitative estimate of drug-likeness (QED) is 0.371. The smallest absolute Gasteiger partial charge is 0.353 e. The Morgan fingerprint density at radius 3 is 2.67 bits per heavy atom. The van der Waals surface area contributed by atoms with Crippen LogP contribution in [0.2, 0.25) is 0 Å². The van der Waals surface area contributed by atoms with Gasteiger partial charge in [-0.3, -0.25) is 0 Å². The highest BCUT2D eigenvalue weighted by molar-refractivity contribution is 6.35. The molecule has 0 aromatic carbocycles. The second kappa shape index (κ2) is 5.13. The molecule has 0 rings (SSSR count).